The van der Waals surface area contributed by atoms with E-state index < -0.39 is 44.6 Å². The molecule has 12 heteroatoms. The molecule has 3 aromatic rings. The summed E-state index contributed by atoms with van der Waals surface area (Å²) < 4.78 is 91.0. The molecule has 0 N–H and O–H groups in total. The molecule has 0 saturated carbocycles. The first-order valence-electron chi connectivity index (χ1n) is 12.2. The normalized spacial score (nSPS) is 17.1. The highest BCUT2D eigenvalue weighted by Crippen LogP contribution is 2.32. The summed E-state index contributed by atoms with van der Waals surface area (Å²) in [5.74, 6) is -5.97. The number of rotatable bonds is 10. The predicted molar refractivity (Wildman–Crippen MR) is 134 cm³/mol. The second-order valence-corrected chi connectivity index (χ2v) is 12.0. The number of piperidine rings is 1. The summed E-state index contributed by atoms with van der Waals surface area (Å²) in [6.45, 7) is 6.27. The minimum absolute atomic E-state index is 0.119. The maximum absolute atomic E-state index is 14.2. The number of hydrogen-bond acceptors (Lipinski definition) is 5. The largest absolute Gasteiger partial charge is 0.382 e. The first-order valence-corrected chi connectivity index (χ1v) is 14.6. The minimum Gasteiger partial charge on any atom is -0.382 e. The van der Waals surface area contributed by atoms with Crippen molar-refractivity contribution in [1.29, 1.82) is 0 Å². The first kappa shape index (κ1) is 27.9. The average Bonchev–Trinajstić information content (AvgIpc) is 3.22. The monoisotopic (exact) mass is 559 g/mol. The molecule has 202 valence electrons. The molecule has 4 rings (SSSR count). The molecule has 1 aliphatic heterocycles. The van der Waals surface area contributed by atoms with E-state index in [0.29, 0.717) is 55.5 Å². The first-order chi connectivity index (χ1) is 17.6. The lowest BCUT2D eigenvalue weighted by atomic mass is 10.0. The highest BCUT2D eigenvalue weighted by atomic mass is 32.2. The van der Waals surface area contributed by atoms with Crippen molar-refractivity contribution in [3.05, 3.63) is 53.1 Å². The Balaban J connectivity index is 1.67. The Morgan fingerprint density at radius 1 is 1.14 bits per heavy atom. The van der Waals surface area contributed by atoms with Crippen molar-refractivity contribution in [2.24, 2.45) is 5.92 Å². The number of imidazole rings is 1. The smallest absolute Gasteiger partial charge is 0.243 e. The summed E-state index contributed by atoms with van der Waals surface area (Å²) in [6, 6.07) is 4.87. The molecular weight excluding hydrogens is 530 g/mol. The van der Waals surface area contributed by atoms with Gasteiger partial charge in [-0.25, -0.2) is 31.0 Å². The summed E-state index contributed by atoms with van der Waals surface area (Å²) in [7, 11) is -3.72. The van der Waals surface area contributed by atoms with Crippen LogP contribution in [-0.4, -0.2) is 48.6 Å². The van der Waals surface area contributed by atoms with Crippen LogP contribution in [0.3, 0.4) is 0 Å². The number of aromatic nitrogens is 2. The highest BCUT2D eigenvalue weighted by Gasteiger charge is 2.29. The van der Waals surface area contributed by atoms with E-state index in [1.807, 2.05) is 13.8 Å². The van der Waals surface area contributed by atoms with Crippen LogP contribution in [-0.2, 0) is 27.1 Å². The fourth-order valence-electron chi connectivity index (χ4n) is 4.44. The zero-order chi connectivity index (χ0) is 26.7. The van der Waals surface area contributed by atoms with Crippen molar-refractivity contribution in [3.63, 3.8) is 0 Å². The van der Waals surface area contributed by atoms with Gasteiger partial charge in [0.25, 0.3) is 0 Å². The van der Waals surface area contributed by atoms with Crippen LogP contribution in [0.5, 0.6) is 0 Å². The Labute approximate surface area is 218 Å². The fourth-order valence-corrected chi connectivity index (χ4v) is 7.10. The van der Waals surface area contributed by atoms with Gasteiger partial charge in [0, 0.05) is 50.2 Å². The maximum atomic E-state index is 14.2. The van der Waals surface area contributed by atoms with Crippen LogP contribution in [0, 0.1) is 29.2 Å². The topological polar surface area (TPSA) is 64.4 Å². The van der Waals surface area contributed by atoms with E-state index in [-0.39, 0.29) is 16.9 Å². The number of ether oxygens (including phenoxy) is 1. The van der Waals surface area contributed by atoms with Crippen molar-refractivity contribution in [2.75, 3.05) is 26.3 Å². The van der Waals surface area contributed by atoms with Crippen molar-refractivity contribution in [2.45, 2.75) is 55.5 Å². The third-order valence-electron chi connectivity index (χ3n) is 6.37. The lowest BCUT2D eigenvalue weighted by Crippen LogP contribution is -2.39. The molecule has 1 aliphatic rings. The lowest BCUT2D eigenvalue weighted by molar-refractivity contribution is 0.141. The molecule has 0 aliphatic carbocycles. The van der Waals surface area contributed by atoms with Gasteiger partial charge in [-0.3, -0.25) is 0 Å². The second kappa shape index (κ2) is 11.7. The maximum Gasteiger partial charge on any atom is 0.243 e. The van der Waals surface area contributed by atoms with E-state index in [1.165, 1.54) is 16.4 Å². The van der Waals surface area contributed by atoms with Gasteiger partial charge in [-0.2, -0.15) is 4.31 Å². The number of thioether (sulfide) groups is 1. The molecular formula is C25H29F4N3O3S2. The van der Waals surface area contributed by atoms with Crippen LogP contribution >= 0.6 is 11.8 Å². The molecule has 0 spiro atoms. The molecule has 1 saturated heterocycles. The van der Waals surface area contributed by atoms with Crippen LogP contribution in [0.1, 0.15) is 38.7 Å². The standard InChI is InChI=1S/C25H29F4N3O3S2/c1-3-35-11-5-10-32-22-8-7-17(37(33,34)31-9-4-6-16(2)14-31)12-21(22)30-25(32)36-15-18-23(28)19(26)13-20(27)24(18)29/h7-8,12-13,16H,3-6,9-11,14-15H2,1-2H3/t16-/m0/s1. The Bertz CT molecular complexity index is 1360. The molecule has 37 heavy (non-hydrogen) atoms. The van der Waals surface area contributed by atoms with Crippen molar-refractivity contribution in [3.8, 4) is 0 Å². The molecule has 0 amide bonds. The van der Waals surface area contributed by atoms with Crippen LogP contribution in [0.4, 0.5) is 17.6 Å². The molecule has 2 heterocycles. The van der Waals surface area contributed by atoms with Crippen molar-refractivity contribution >= 4 is 32.8 Å². The van der Waals surface area contributed by atoms with Gasteiger partial charge in [-0.1, -0.05) is 18.7 Å². The summed E-state index contributed by atoms with van der Waals surface area (Å²) in [5.41, 5.74) is 0.311. The fraction of sp³-hybridized carbons (Fsp3) is 0.480. The van der Waals surface area contributed by atoms with Gasteiger partial charge in [-0.05, 0) is 50.3 Å². The third kappa shape index (κ3) is 5.97. The Kier molecular flexibility index (Phi) is 8.82. The minimum atomic E-state index is -3.72. The van der Waals surface area contributed by atoms with Crippen molar-refractivity contribution in [1.82, 2.24) is 13.9 Å². The van der Waals surface area contributed by atoms with Gasteiger partial charge >= 0.3 is 0 Å². The summed E-state index contributed by atoms with van der Waals surface area (Å²) in [5, 5.41) is 0.344. The molecule has 1 atom stereocenters. The van der Waals surface area contributed by atoms with Gasteiger partial charge in [-0.15, -0.1) is 0 Å². The van der Waals surface area contributed by atoms with E-state index in [9.17, 15) is 26.0 Å². The Morgan fingerprint density at radius 2 is 1.86 bits per heavy atom. The number of aryl methyl sites for hydroxylation is 1. The zero-order valence-corrected chi connectivity index (χ0v) is 22.3. The van der Waals surface area contributed by atoms with Crippen molar-refractivity contribution < 1.29 is 30.7 Å². The molecule has 0 radical (unpaired) electrons. The number of halogens is 4. The molecule has 2 aromatic carbocycles. The van der Waals surface area contributed by atoms with Gasteiger partial charge in [0.1, 0.15) is 0 Å². The molecule has 6 nitrogen and oxygen atoms in total. The van der Waals surface area contributed by atoms with Gasteiger partial charge < -0.3 is 9.30 Å². The van der Waals surface area contributed by atoms with E-state index in [2.05, 4.69) is 4.98 Å². The second-order valence-electron chi connectivity index (χ2n) is 9.09. The number of benzene rings is 2. The molecule has 1 aromatic heterocycles. The summed E-state index contributed by atoms with van der Waals surface area (Å²) in [6.07, 6.45) is 2.38. The van der Waals surface area contributed by atoms with E-state index in [4.69, 9.17) is 4.74 Å². The lowest BCUT2D eigenvalue weighted by Gasteiger charge is -2.30. The van der Waals surface area contributed by atoms with Crippen LogP contribution in [0.15, 0.2) is 34.3 Å². The zero-order valence-electron chi connectivity index (χ0n) is 20.6. The van der Waals surface area contributed by atoms with E-state index in [0.717, 1.165) is 24.6 Å². The SMILES string of the molecule is CCOCCCn1c(SCc2c(F)c(F)cc(F)c2F)nc2cc(S(=O)(=O)N3CCC[C@H](C)C3)ccc21. The molecule has 0 bridgehead atoms. The third-order valence-corrected chi connectivity index (χ3v) is 9.23. The van der Waals surface area contributed by atoms with Gasteiger partial charge in [0.05, 0.1) is 15.9 Å². The Morgan fingerprint density at radius 3 is 2.54 bits per heavy atom. The molecule has 0 unspecified atom stereocenters. The number of fused-ring (bicyclic) bond motifs is 1. The number of nitrogens with zero attached hydrogens (tertiary/aromatic N) is 3. The summed E-state index contributed by atoms with van der Waals surface area (Å²) in [4.78, 5) is 4.65. The summed E-state index contributed by atoms with van der Waals surface area (Å²) >= 11 is 0.915. The van der Waals surface area contributed by atoms with Crippen LogP contribution in [0.25, 0.3) is 11.0 Å². The Hall–Kier alpha value is -2.15. The number of hydrogen-bond donors (Lipinski definition) is 0. The predicted octanol–water partition coefficient (Wildman–Crippen LogP) is 5.73. The van der Waals surface area contributed by atoms with Crippen LogP contribution in [0.2, 0.25) is 0 Å². The average molecular weight is 560 g/mol. The number of sulfonamides is 1. The van der Waals surface area contributed by atoms with Gasteiger partial charge in [0.15, 0.2) is 28.4 Å². The van der Waals surface area contributed by atoms with Crippen LogP contribution < -0.4 is 0 Å². The quantitative estimate of drug-likeness (QED) is 0.137. The highest BCUT2D eigenvalue weighted by molar-refractivity contribution is 7.98. The van der Waals surface area contributed by atoms with E-state index >= 15 is 0 Å². The van der Waals surface area contributed by atoms with E-state index in [1.54, 1.807) is 10.6 Å². The van der Waals surface area contributed by atoms with Gasteiger partial charge in [0.2, 0.25) is 10.0 Å². The molecule has 1 fully saturated rings.